The van der Waals surface area contributed by atoms with Crippen LogP contribution in [0, 0.1) is 0 Å². The van der Waals surface area contributed by atoms with Crippen LogP contribution in [0.1, 0.15) is 0 Å². The number of nitrogens with zero attached hydrogens (tertiary/aromatic N) is 1. The van der Waals surface area contributed by atoms with Gasteiger partial charge >= 0.3 is 6.03 Å². The Morgan fingerprint density at radius 3 is 2.90 bits per heavy atom. The molecule has 1 rings (SSSR count). The summed E-state index contributed by atoms with van der Waals surface area (Å²) in [7, 11) is 0. The zero-order valence-electron chi connectivity index (χ0n) is 4.90. The quantitative estimate of drug-likeness (QED) is 0.495. The summed E-state index contributed by atoms with van der Waals surface area (Å²) >= 11 is 5.15. The molecule has 6 heteroatoms. The van der Waals surface area contributed by atoms with E-state index < -0.39 is 17.0 Å². The lowest BCUT2D eigenvalue weighted by atomic mass is 10.3. The molecule has 0 aromatic carbocycles. The number of carbonyl (C=O) groups is 1. The lowest BCUT2D eigenvalue weighted by Gasteiger charge is -2.20. The summed E-state index contributed by atoms with van der Waals surface area (Å²) in [6.07, 6.45) is 0. The molecule has 4 nitrogen and oxygen atoms in total. The number of amides is 2. The number of nitrogens with two attached hydrogens (primary N) is 1. The van der Waals surface area contributed by atoms with Gasteiger partial charge in [0.1, 0.15) is 0 Å². The number of aliphatic imine (C=N–C) groups is 1. The lowest BCUT2D eigenvalue weighted by Crippen LogP contribution is -2.49. The predicted molar refractivity (Wildman–Crippen MR) is 34.7 cm³/mol. The molecule has 1 heterocycles. The standard InChI is InChI=1S/C4H5ClFN3O/c5-4(6)1-8-3(10)9-2(4)7/h1H2,(H3,7,8,9,10). The first-order valence-corrected chi connectivity index (χ1v) is 2.90. The van der Waals surface area contributed by atoms with Gasteiger partial charge in [0.15, 0.2) is 5.84 Å². The first kappa shape index (κ1) is 7.27. The maximum absolute atomic E-state index is 12.7. The fourth-order valence-electron chi connectivity index (χ4n) is 0.508. The van der Waals surface area contributed by atoms with Crippen LogP contribution in [0.3, 0.4) is 0 Å². The number of hydrogen-bond donors (Lipinski definition) is 2. The van der Waals surface area contributed by atoms with Crippen molar-refractivity contribution in [2.24, 2.45) is 10.7 Å². The van der Waals surface area contributed by atoms with E-state index in [1.807, 2.05) is 0 Å². The van der Waals surface area contributed by atoms with Crippen LogP contribution in [-0.4, -0.2) is 23.5 Å². The van der Waals surface area contributed by atoms with Crippen LogP contribution >= 0.6 is 11.6 Å². The molecule has 1 atom stereocenters. The average molecular weight is 166 g/mol. The Labute approximate surface area is 61.2 Å². The highest BCUT2D eigenvalue weighted by Crippen LogP contribution is 2.18. The normalized spacial score (nSPS) is 33.0. The molecule has 0 aliphatic carbocycles. The maximum atomic E-state index is 12.7. The molecule has 0 fully saturated rings. The van der Waals surface area contributed by atoms with E-state index in [-0.39, 0.29) is 6.54 Å². The Hall–Kier alpha value is -0.840. The SMILES string of the molecule is NC1=NC(=O)NCC1(F)Cl. The van der Waals surface area contributed by atoms with Crippen molar-refractivity contribution in [3.05, 3.63) is 0 Å². The number of carbonyl (C=O) groups excluding carboxylic acids is 1. The van der Waals surface area contributed by atoms with E-state index in [1.165, 1.54) is 0 Å². The van der Waals surface area contributed by atoms with Crippen LogP contribution in [0.4, 0.5) is 9.18 Å². The summed E-state index contributed by atoms with van der Waals surface area (Å²) in [5.41, 5.74) is 4.99. The molecule has 0 spiro atoms. The van der Waals surface area contributed by atoms with Crippen molar-refractivity contribution < 1.29 is 9.18 Å². The van der Waals surface area contributed by atoms with Gasteiger partial charge in [-0.2, -0.15) is 4.99 Å². The first-order valence-electron chi connectivity index (χ1n) is 2.53. The number of alkyl halides is 2. The number of hydrogen-bond acceptors (Lipinski definition) is 2. The Balaban J connectivity index is 2.88. The van der Waals surface area contributed by atoms with Gasteiger partial charge in [0.05, 0.1) is 6.54 Å². The highest BCUT2D eigenvalue weighted by atomic mass is 35.5. The van der Waals surface area contributed by atoms with Crippen LogP contribution in [-0.2, 0) is 0 Å². The molecule has 10 heavy (non-hydrogen) atoms. The van der Waals surface area contributed by atoms with Gasteiger partial charge in [0.25, 0.3) is 5.13 Å². The zero-order chi connectivity index (χ0) is 7.78. The topological polar surface area (TPSA) is 67.5 Å². The number of amidine groups is 1. The second kappa shape index (κ2) is 2.09. The van der Waals surface area contributed by atoms with Crippen molar-refractivity contribution in [2.75, 3.05) is 6.54 Å². The molecule has 2 amide bonds. The van der Waals surface area contributed by atoms with E-state index in [4.69, 9.17) is 17.3 Å². The van der Waals surface area contributed by atoms with Crippen molar-refractivity contribution in [1.29, 1.82) is 0 Å². The zero-order valence-corrected chi connectivity index (χ0v) is 5.65. The minimum atomic E-state index is -2.21. The van der Waals surface area contributed by atoms with Gasteiger partial charge in [-0.05, 0) is 0 Å². The molecule has 3 N–H and O–H groups in total. The van der Waals surface area contributed by atoms with Crippen LogP contribution in [0.5, 0.6) is 0 Å². The van der Waals surface area contributed by atoms with E-state index in [2.05, 4.69) is 10.3 Å². The van der Waals surface area contributed by atoms with Gasteiger partial charge in [-0.25, -0.2) is 9.18 Å². The van der Waals surface area contributed by atoms with Gasteiger partial charge < -0.3 is 11.1 Å². The molecule has 0 saturated heterocycles. The van der Waals surface area contributed by atoms with E-state index >= 15 is 0 Å². The molecule has 0 radical (unpaired) electrons. The predicted octanol–water partition coefficient (Wildman–Crippen LogP) is -0.0286. The fraction of sp³-hybridized carbons (Fsp3) is 0.500. The van der Waals surface area contributed by atoms with Gasteiger partial charge in [-0.1, -0.05) is 11.6 Å². The molecule has 0 aromatic rings. The summed E-state index contributed by atoms with van der Waals surface area (Å²) in [6, 6.07) is -0.661. The van der Waals surface area contributed by atoms with Crippen molar-refractivity contribution in [3.63, 3.8) is 0 Å². The molecule has 0 saturated carbocycles. The lowest BCUT2D eigenvalue weighted by molar-refractivity contribution is 0.240. The van der Waals surface area contributed by atoms with Crippen LogP contribution < -0.4 is 11.1 Å². The second-order valence-corrected chi connectivity index (χ2v) is 2.46. The molecular formula is C4H5ClFN3O. The van der Waals surface area contributed by atoms with Crippen molar-refractivity contribution in [3.8, 4) is 0 Å². The third-order valence-electron chi connectivity index (χ3n) is 1.06. The molecule has 56 valence electrons. The second-order valence-electron chi connectivity index (χ2n) is 1.86. The van der Waals surface area contributed by atoms with Gasteiger partial charge in [0, 0.05) is 0 Å². The first-order chi connectivity index (χ1) is 4.52. The summed E-state index contributed by atoms with van der Waals surface area (Å²) in [6.45, 7) is -0.331. The molecule has 1 aliphatic rings. The van der Waals surface area contributed by atoms with Crippen molar-refractivity contribution >= 4 is 23.5 Å². The average Bonchev–Trinajstić information content (AvgIpc) is 1.81. The highest BCUT2D eigenvalue weighted by Gasteiger charge is 2.35. The van der Waals surface area contributed by atoms with Crippen LogP contribution in [0.15, 0.2) is 4.99 Å². The van der Waals surface area contributed by atoms with Gasteiger partial charge in [0.2, 0.25) is 0 Å². The molecule has 0 bridgehead atoms. The Bertz CT molecular complexity index is 203. The third-order valence-corrected chi connectivity index (χ3v) is 1.39. The molecule has 1 unspecified atom stereocenters. The monoisotopic (exact) mass is 165 g/mol. The van der Waals surface area contributed by atoms with Crippen LogP contribution in [0.25, 0.3) is 0 Å². The molecule has 0 aromatic heterocycles. The number of halogens is 2. The number of rotatable bonds is 0. The maximum Gasteiger partial charge on any atom is 0.342 e. The van der Waals surface area contributed by atoms with E-state index in [9.17, 15) is 9.18 Å². The Kier molecular flexibility index (Phi) is 1.52. The smallest absolute Gasteiger partial charge is 0.342 e. The minimum absolute atomic E-state index is 0.331. The number of urea groups is 1. The van der Waals surface area contributed by atoms with Gasteiger partial charge in [-0.15, -0.1) is 0 Å². The van der Waals surface area contributed by atoms with E-state index in [0.29, 0.717) is 0 Å². The Morgan fingerprint density at radius 2 is 2.50 bits per heavy atom. The Morgan fingerprint density at radius 1 is 1.90 bits per heavy atom. The van der Waals surface area contributed by atoms with E-state index in [0.717, 1.165) is 0 Å². The summed E-state index contributed by atoms with van der Waals surface area (Å²) in [4.78, 5) is 13.4. The third kappa shape index (κ3) is 1.18. The molecular weight excluding hydrogens is 161 g/mol. The highest BCUT2D eigenvalue weighted by molar-refractivity contribution is 6.35. The van der Waals surface area contributed by atoms with Crippen LogP contribution in [0.2, 0.25) is 0 Å². The van der Waals surface area contributed by atoms with Crippen molar-refractivity contribution in [1.82, 2.24) is 5.32 Å². The van der Waals surface area contributed by atoms with Crippen molar-refractivity contribution in [2.45, 2.75) is 5.13 Å². The summed E-state index contributed by atoms with van der Waals surface area (Å²) < 4.78 is 12.7. The molecule has 1 aliphatic heterocycles. The number of nitrogens with one attached hydrogen (secondary N) is 1. The fourth-order valence-corrected chi connectivity index (χ4v) is 0.617. The van der Waals surface area contributed by atoms with Gasteiger partial charge in [-0.3, -0.25) is 0 Å². The largest absolute Gasteiger partial charge is 0.383 e. The minimum Gasteiger partial charge on any atom is -0.383 e. The summed E-state index contributed by atoms with van der Waals surface area (Å²) in [5, 5.41) is -0.125. The van der Waals surface area contributed by atoms with E-state index in [1.54, 1.807) is 0 Å². The summed E-state index contributed by atoms with van der Waals surface area (Å²) in [5.74, 6) is -0.488.